The van der Waals surface area contributed by atoms with Gasteiger partial charge in [0.25, 0.3) is 5.91 Å². The molecule has 1 amide bonds. The van der Waals surface area contributed by atoms with Crippen molar-refractivity contribution in [2.45, 2.75) is 75.1 Å². The molecule has 0 heterocycles. The predicted octanol–water partition coefficient (Wildman–Crippen LogP) is 5.87. The van der Waals surface area contributed by atoms with Gasteiger partial charge in [0.1, 0.15) is 5.75 Å². The standard InChI is InChI=1S/C21H28Br2NO2/c1-14-7-5-6-10-21(14,20(25)24-16-8-3-4-9-16)17-12-18(23)15(13-22)11-19(17)26-2/h11-12,14,16H,3-10,13H2,1-2H3. The first-order valence-corrected chi connectivity index (χ1v) is 11.6. The van der Waals surface area contributed by atoms with E-state index in [-0.39, 0.29) is 17.9 Å². The second kappa shape index (κ2) is 8.64. The third-order valence-corrected chi connectivity index (χ3v) is 7.64. The van der Waals surface area contributed by atoms with Crippen molar-refractivity contribution in [1.29, 1.82) is 0 Å². The molecule has 2 fully saturated rings. The van der Waals surface area contributed by atoms with E-state index in [0.29, 0.717) is 0 Å². The van der Waals surface area contributed by atoms with Crippen LogP contribution >= 0.6 is 31.9 Å². The number of hydrogen-bond acceptors (Lipinski definition) is 2. The molecule has 1 aromatic rings. The molecule has 1 aromatic carbocycles. The molecule has 1 radical (unpaired) electrons. The van der Waals surface area contributed by atoms with E-state index in [9.17, 15) is 4.79 Å². The molecule has 2 saturated carbocycles. The van der Waals surface area contributed by atoms with Crippen molar-refractivity contribution in [3.05, 3.63) is 27.7 Å². The first kappa shape index (κ1) is 20.2. The highest BCUT2D eigenvalue weighted by Crippen LogP contribution is 2.49. The van der Waals surface area contributed by atoms with Gasteiger partial charge < -0.3 is 4.74 Å². The summed E-state index contributed by atoms with van der Waals surface area (Å²) in [5.74, 6) is 1.16. The van der Waals surface area contributed by atoms with Crippen molar-refractivity contribution >= 4 is 37.8 Å². The van der Waals surface area contributed by atoms with E-state index >= 15 is 0 Å². The summed E-state index contributed by atoms with van der Waals surface area (Å²) in [4.78, 5) is 13.6. The number of nitrogens with zero attached hydrogens (tertiary/aromatic N) is 1. The van der Waals surface area contributed by atoms with Gasteiger partial charge in [-0.3, -0.25) is 4.79 Å². The molecule has 2 aliphatic rings. The summed E-state index contributed by atoms with van der Waals surface area (Å²) >= 11 is 7.23. The summed E-state index contributed by atoms with van der Waals surface area (Å²) in [5, 5.41) is 5.47. The fraction of sp³-hybridized carbons (Fsp3) is 0.667. The van der Waals surface area contributed by atoms with E-state index in [1.807, 2.05) is 0 Å². The molecule has 2 atom stereocenters. The summed E-state index contributed by atoms with van der Waals surface area (Å²) in [6.45, 7) is 2.22. The number of amides is 1. The van der Waals surface area contributed by atoms with Crippen molar-refractivity contribution in [2.75, 3.05) is 7.11 Å². The summed E-state index contributed by atoms with van der Waals surface area (Å²) in [5.41, 5.74) is 1.58. The zero-order valence-corrected chi connectivity index (χ0v) is 18.9. The quantitative estimate of drug-likeness (QED) is 0.489. The van der Waals surface area contributed by atoms with Gasteiger partial charge in [-0.15, -0.1) is 0 Å². The van der Waals surface area contributed by atoms with Gasteiger partial charge in [0.15, 0.2) is 0 Å². The first-order chi connectivity index (χ1) is 12.5. The summed E-state index contributed by atoms with van der Waals surface area (Å²) < 4.78 is 6.78. The van der Waals surface area contributed by atoms with Crippen LogP contribution in [0.2, 0.25) is 0 Å². The second-order valence-corrected chi connectivity index (χ2v) is 9.18. The Morgan fingerprint density at radius 1 is 1.23 bits per heavy atom. The van der Waals surface area contributed by atoms with Gasteiger partial charge in [-0.2, -0.15) is 0 Å². The summed E-state index contributed by atoms with van der Waals surface area (Å²) in [7, 11) is 1.70. The Hall–Kier alpha value is -0.550. The maximum Gasteiger partial charge on any atom is 0.252 e. The van der Waals surface area contributed by atoms with Crippen molar-refractivity contribution in [3.63, 3.8) is 0 Å². The van der Waals surface area contributed by atoms with Crippen LogP contribution in [0.25, 0.3) is 0 Å². The molecule has 2 aliphatic carbocycles. The minimum atomic E-state index is -0.556. The Bertz CT molecular complexity index is 658. The van der Waals surface area contributed by atoms with Gasteiger partial charge in [-0.05, 0) is 49.3 Å². The molecule has 0 bridgehead atoms. The zero-order chi connectivity index (χ0) is 18.7. The van der Waals surface area contributed by atoms with Crippen LogP contribution in [0.1, 0.15) is 69.4 Å². The predicted molar refractivity (Wildman–Crippen MR) is 112 cm³/mol. The molecule has 0 saturated heterocycles. The monoisotopic (exact) mass is 484 g/mol. The third-order valence-electron chi connectivity index (χ3n) is 6.30. The molecule has 0 aromatic heterocycles. The van der Waals surface area contributed by atoms with E-state index in [1.165, 1.54) is 19.3 Å². The lowest BCUT2D eigenvalue weighted by atomic mass is 9.62. The van der Waals surface area contributed by atoms with Crippen molar-refractivity contribution in [2.24, 2.45) is 5.92 Å². The Balaban J connectivity index is 2.06. The molecule has 0 spiro atoms. The van der Waals surface area contributed by atoms with Gasteiger partial charge in [-0.1, -0.05) is 64.5 Å². The van der Waals surface area contributed by atoms with E-state index in [2.05, 4.69) is 50.9 Å². The van der Waals surface area contributed by atoms with Gasteiger partial charge in [-0.25, -0.2) is 5.32 Å². The Labute approximate surface area is 173 Å². The highest BCUT2D eigenvalue weighted by molar-refractivity contribution is 9.10. The van der Waals surface area contributed by atoms with Crippen LogP contribution < -0.4 is 10.1 Å². The van der Waals surface area contributed by atoms with Gasteiger partial charge >= 0.3 is 0 Å². The fourth-order valence-corrected chi connectivity index (χ4v) is 6.03. The molecule has 3 rings (SSSR count). The number of carbonyl (C=O) groups is 1. The minimum Gasteiger partial charge on any atom is -0.496 e. The highest BCUT2D eigenvalue weighted by atomic mass is 79.9. The second-order valence-electron chi connectivity index (χ2n) is 7.77. The summed E-state index contributed by atoms with van der Waals surface area (Å²) in [6.07, 6.45) is 8.67. The maximum atomic E-state index is 13.6. The largest absolute Gasteiger partial charge is 0.496 e. The molecule has 143 valence electrons. The lowest BCUT2D eigenvalue weighted by Crippen LogP contribution is -2.49. The lowest BCUT2D eigenvalue weighted by Gasteiger charge is -2.42. The van der Waals surface area contributed by atoms with Gasteiger partial charge in [0.05, 0.1) is 18.6 Å². The van der Waals surface area contributed by atoms with Gasteiger partial charge in [0.2, 0.25) is 0 Å². The fourth-order valence-electron chi connectivity index (χ4n) is 4.71. The number of benzene rings is 1. The third kappa shape index (κ3) is 3.71. The summed E-state index contributed by atoms with van der Waals surface area (Å²) in [6, 6.07) is 4.38. The first-order valence-electron chi connectivity index (χ1n) is 9.71. The highest BCUT2D eigenvalue weighted by Gasteiger charge is 2.49. The Morgan fingerprint density at radius 3 is 2.54 bits per heavy atom. The smallest absolute Gasteiger partial charge is 0.252 e. The average molecular weight is 486 g/mol. The SMILES string of the molecule is COc1cc(CBr)c(Br)cc1C1(C(=O)[N]C2CCCC2)CCCCC1C. The Morgan fingerprint density at radius 2 is 1.92 bits per heavy atom. The topological polar surface area (TPSA) is 40.4 Å². The Kier molecular flexibility index (Phi) is 6.71. The number of alkyl halides is 1. The van der Waals surface area contributed by atoms with Crippen LogP contribution in [0.3, 0.4) is 0 Å². The van der Waals surface area contributed by atoms with E-state index < -0.39 is 5.41 Å². The van der Waals surface area contributed by atoms with Crippen molar-refractivity contribution < 1.29 is 9.53 Å². The molecule has 3 nitrogen and oxygen atoms in total. The molecule has 0 aliphatic heterocycles. The number of ether oxygens (including phenoxy) is 1. The zero-order valence-electron chi connectivity index (χ0n) is 15.7. The molecule has 2 unspecified atom stereocenters. The minimum absolute atomic E-state index is 0.0772. The normalized spacial score (nSPS) is 26.7. The van der Waals surface area contributed by atoms with Crippen LogP contribution in [0.5, 0.6) is 5.75 Å². The van der Waals surface area contributed by atoms with E-state index in [0.717, 1.165) is 58.8 Å². The van der Waals surface area contributed by atoms with Crippen LogP contribution in [-0.4, -0.2) is 19.1 Å². The maximum absolute atomic E-state index is 13.6. The molecule has 5 heteroatoms. The molecule has 26 heavy (non-hydrogen) atoms. The van der Waals surface area contributed by atoms with E-state index in [1.54, 1.807) is 7.11 Å². The van der Waals surface area contributed by atoms with Gasteiger partial charge in [0, 0.05) is 15.4 Å². The number of methoxy groups -OCH3 is 1. The van der Waals surface area contributed by atoms with Crippen LogP contribution in [0.4, 0.5) is 0 Å². The number of hydrogen-bond donors (Lipinski definition) is 0. The lowest BCUT2D eigenvalue weighted by molar-refractivity contribution is -0.131. The van der Waals surface area contributed by atoms with Crippen LogP contribution in [0, 0.1) is 5.92 Å². The van der Waals surface area contributed by atoms with Crippen molar-refractivity contribution in [3.8, 4) is 5.75 Å². The number of carbonyl (C=O) groups excluding carboxylic acids is 1. The molecular weight excluding hydrogens is 458 g/mol. The van der Waals surface area contributed by atoms with Crippen molar-refractivity contribution in [1.82, 2.24) is 5.32 Å². The number of rotatable bonds is 5. The molecule has 0 N–H and O–H groups in total. The average Bonchev–Trinajstić information content (AvgIpc) is 3.15. The van der Waals surface area contributed by atoms with E-state index in [4.69, 9.17) is 10.1 Å². The van der Waals surface area contributed by atoms with Crippen LogP contribution in [-0.2, 0) is 15.5 Å². The molecular formula is C21H28Br2NO2. The number of halogens is 2. The van der Waals surface area contributed by atoms with Crippen LogP contribution in [0.15, 0.2) is 16.6 Å².